The van der Waals surface area contributed by atoms with Crippen LogP contribution in [0.25, 0.3) is 37.6 Å². The van der Waals surface area contributed by atoms with Crippen LogP contribution in [0.4, 0.5) is 0 Å². The number of fused-ring (bicyclic) bond motifs is 7. The van der Waals surface area contributed by atoms with E-state index >= 15 is 0 Å². The Labute approximate surface area is 173 Å². The summed E-state index contributed by atoms with van der Waals surface area (Å²) < 4.78 is 6.66. The molecule has 0 saturated carbocycles. The third-order valence-corrected chi connectivity index (χ3v) is 6.75. The van der Waals surface area contributed by atoms with Gasteiger partial charge in [-0.15, -0.1) is 11.3 Å². The number of carbonyl (C=O) groups excluding carboxylic acids is 1. The van der Waals surface area contributed by atoms with Crippen LogP contribution in [-0.4, -0.2) is 12.6 Å². The van der Waals surface area contributed by atoms with E-state index in [0.29, 0.717) is 5.57 Å². The number of carbonyl (C=O) groups is 1. The molecular weight excluding hydrogens is 376 g/mol. The standard InChI is InChI=1S/C26H20O2S/c1-16(2)26(27)28-14-13-19-15-18-8-4-5-9-20(18)23-22-12-11-17-7-3-6-10-21(17)25(22)29-24(19)23/h3-13H,1,14-15H2,2H3. The van der Waals surface area contributed by atoms with E-state index < -0.39 is 0 Å². The average Bonchev–Trinajstić information content (AvgIpc) is 3.14. The summed E-state index contributed by atoms with van der Waals surface area (Å²) in [5.74, 6) is -0.347. The molecule has 0 bridgehead atoms. The summed E-state index contributed by atoms with van der Waals surface area (Å²) in [6.07, 6.45) is 2.89. The number of thiophene rings is 1. The fourth-order valence-electron chi connectivity index (χ4n) is 4.03. The highest BCUT2D eigenvalue weighted by atomic mass is 32.1. The Morgan fingerprint density at radius 3 is 2.72 bits per heavy atom. The van der Waals surface area contributed by atoms with Gasteiger partial charge in [0.25, 0.3) is 0 Å². The Balaban J connectivity index is 1.70. The number of ether oxygens (including phenoxy) is 1. The second-order valence-corrected chi connectivity index (χ2v) is 8.43. The van der Waals surface area contributed by atoms with E-state index in [1.807, 2.05) is 17.4 Å². The Kier molecular flexibility index (Phi) is 4.33. The molecule has 4 aromatic rings. The predicted octanol–water partition coefficient (Wildman–Crippen LogP) is 6.78. The van der Waals surface area contributed by atoms with Crippen molar-refractivity contribution >= 4 is 43.7 Å². The van der Waals surface area contributed by atoms with Gasteiger partial charge in [-0.05, 0) is 46.9 Å². The van der Waals surface area contributed by atoms with E-state index in [1.165, 1.54) is 48.0 Å². The van der Waals surface area contributed by atoms with Gasteiger partial charge in [0.15, 0.2) is 0 Å². The summed E-state index contributed by atoms with van der Waals surface area (Å²) in [5.41, 5.74) is 5.56. The molecule has 0 atom stereocenters. The third kappa shape index (κ3) is 2.99. The topological polar surface area (TPSA) is 26.3 Å². The highest BCUT2D eigenvalue weighted by Gasteiger charge is 2.25. The molecule has 3 heteroatoms. The number of rotatable bonds is 3. The van der Waals surface area contributed by atoms with E-state index in [2.05, 4.69) is 67.2 Å². The summed E-state index contributed by atoms with van der Waals surface area (Å²) in [6, 6.07) is 21.6. The molecule has 0 fully saturated rings. The summed E-state index contributed by atoms with van der Waals surface area (Å²) in [7, 11) is 0. The second kappa shape index (κ2) is 7.02. The molecule has 0 N–H and O–H groups in total. The normalized spacial score (nSPS) is 14.0. The third-order valence-electron chi connectivity index (χ3n) is 5.43. The first-order valence-corrected chi connectivity index (χ1v) is 10.5. The van der Waals surface area contributed by atoms with Crippen LogP contribution in [0, 0.1) is 0 Å². The monoisotopic (exact) mass is 396 g/mol. The Morgan fingerprint density at radius 2 is 1.86 bits per heavy atom. The fourth-order valence-corrected chi connectivity index (χ4v) is 5.42. The first kappa shape index (κ1) is 17.9. The molecule has 1 heterocycles. The van der Waals surface area contributed by atoms with Crippen LogP contribution in [-0.2, 0) is 16.0 Å². The van der Waals surface area contributed by atoms with E-state index in [4.69, 9.17) is 4.74 Å². The molecule has 1 aliphatic rings. The highest BCUT2D eigenvalue weighted by Crippen LogP contribution is 2.49. The first-order chi connectivity index (χ1) is 14.1. The minimum Gasteiger partial charge on any atom is -0.458 e. The molecule has 0 aliphatic heterocycles. The maximum Gasteiger partial charge on any atom is 0.333 e. The van der Waals surface area contributed by atoms with Crippen LogP contribution in [0.5, 0.6) is 0 Å². The number of esters is 1. The van der Waals surface area contributed by atoms with Crippen LogP contribution in [0.3, 0.4) is 0 Å². The largest absolute Gasteiger partial charge is 0.458 e. The van der Waals surface area contributed by atoms with Crippen molar-refractivity contribution in [2.45, 2.75) is 13.3 Å². The summed E-state index contributed by atoms with van der Waals surface area (Å²) in [6.45, 7) is 5.58. The summed E-state index contributed by atoms with van der Waals surface area (Å²) >= 11 is 1.84. The summed E-state index contributed by atoms with van der Waals surface area (Å²) in [4.78, 5) is 13.0. The van der Waals surface area contributed by atoms with Gasteiger partial charge in [-0.1, -0.05) is 67.2 Å². The lowest BCUT2D eigenvalue weighted by atomic mass is 9.85. The summed E-state index contributed by atoms with van der Waals surface area (Å²) in [5, 5.41) is 3.84. The lowest BCUT2D eigenvalue weighted by molar-refractivity contribution is -0.137. The number of benzene rings is 3. The Bertz CT molecular complexity index is 1320. The van der Waals surface area contributed by atoms with Crippen molar-refractivity contribution in [2.24, 2.45) is 0 Å². The van der Waals surface area contributed by atoms with Crippen molar-refractivity contribution in [1.82, 2.24) is 0 Å². The smallest absolute Gasteiger partial charge is 0.333 e. The maximum absolute atomic E-state index is 11.8. The van der Waals surface area contributed by atoms with Gasteiger partial charge < -0.3 is 4.74 Å². The molecule has 0 unspecified atom stereocenters. The number of hydrogen-bond acceptors (Lipinski definition) is 3. The van der Waals surface area contributed by atoms with E-state index in [0.717, 1.165) is 6.42 Å². The fraction of sp³-hybridized carbons (Fsp3) is 0.115. The zero-order valence-corrected chi connectivity index (χ0v) is 17.0. The van der Waals surface area contributed by atoms with Gasteiger partial charge in [-0.3, -0.25) is 0 Å². The van der Waals surface area contributed by atoms with Crippen LogP contribution in [0.1, 0.15) is 17.4 Å². The molecule has 142 valence electrons. The Hall–Kier alpha value is -3.17. The minimum atomic E-state index is -0.347. The van der Waals surface area contributed by atoms with Crippen molar-refractivity contribution in [2.75, 3.05) is 6.61 Å². The molecule has 29 heavy (non-hydrogen) atoms. The van der Waals surface area contributed by atoms with Crippen molar-refractivity contribution < 1.29 is 9.53 Å². The molecule has 0 amide bonds. The molecule has 0 saturated heterocycles. The van der Waals surface area contributed by atoms with Gasteiger partial charge >= 0.3 is 5.97 Å². The van der Waals surface area contributed by atoms with Gasteiger partial charge in [-0.2, -0.15) is 0 Å². The molecular formula is C26H20O2S. The zero-order valence-electron chi connectivity index (χ0n) is 16.2. The molecule has 2 nitrogen and oxygen atoms in total. The van der Waals surface area contributed by atoms with Crippen molar-refractivity contribution in [3.05, 3.63) is 89.3 Å². The lowest BCUT2D eigenvalue weighted by Crippen LogP contribution is -2.06. The number of hydrogen-bond donors (Lipinski definition) is 0. The SMILES string of the molecule is C=C(C)C(=O)OCC=C1Cc2ccccc2-c2c1sc1c2ccc2ccccc21. The van der Waals surface area contributed by atoms with Gasteiger partial charge in [0.05, 0.1) is 0 Å². The van der Waals surface area contributed by atoms with Gasteiger partial charge in [0, 0.05) is 26.1 Å². The van der Waals surface area contributed by atoms with Crippen LogP contribution < -0.4 is 0 Å². The van der Waals surface area contributed by atoms with Crippen molar-refractivity contribution in [3.63, 3.8) is 0 Å². The molecule has 3 aromatic carbocycles. The van der Waals surface area contributed by atoms with E-state index in [-0.39, 0.29) is 12.6 Å². The first-order valence-electron chi connectivity index (χ1n) is 9.68. The lowest BCUT2D eigenvalue weighted by Gasteiger charge is -2.19. The quantitative estimate of drug-likeness (QED) is 0.282. The predicted molar refractivity (Wildman–Crippen MR) is 122 cm³/mol. The van der Waals surface area contributed by atoms with E-state index in [1.54, 1.807) is 6.92 Å². The molecule has 0 spiro atoms. The highest BCUT2D eigenvalue weighted by molar-refractivity contribution is 7.21. The molecule has 0 radical (unpaired) electrons. The van der Waals surface area contributed by atoms with E-state index in [9.17, 15) is 4.79 Å². The van der Waals surface area contributed by atoms with Gasteiger partial charge in [0.2, 0.25) is 0 Å². The molecule has 1 aliphatic carbocycles. The van der Waals surface area contributed by atoms with Gasteiger partial charge in [-0.25, -0.2) is 4.79 Å². The van der Waals surface area contributed by atoms with Crippen LogP contribution >= 0.6 is 11.3 Å². The molecule has 1 aromatic heterocycles. The van der Waals surface area contributed by atoms with Crippen LogP contribution in [0.15, 0.2) is 78.9 Å². The van der Waals surface area contributed by atoms with Crippen molar-refractivity contribution in [1.29, 1.82) is 0 Å². The van der Waals surface area contributed by atoms with Gasteiger partial charge in [0.1, 0.15) is 6.61 Å². The maximum atomic E-state index is 11.8. The zero-order chi connectivity index (χ0) is 20.0. The Morgan fingerprint density at radius 1 is 1.07 bits per heavy atom. The number of allylic oxidation sites excluding steroid dienone is 1. The van der Waals surface area contributed by atoms with Crippen LogP contribution in [0.2, 0.25) is 0 Å². The molecule has 5 rings (SSSR count). The van der Waals surface area contributed by atoms with Crippen molar-refractivity contribution in [3.8, 4) is 11.1 Å². The minimum absolute atomic E-state index is 0.262. The average molecular weight is 397 g/mol. The second-order valence-electron chi connectivity index (χ2n) is 7.41.